The van der Waals surface area contributed by atoms with Gasteiger partial charge in [-0.25, -0.2) is 4.98 Å². The van der Waals surface area contributed by atoms with Crippen LogP contribution in [0.1, 0.15) is 35.0 Å². The molecule has 7 nitrogen and oxygen atoms in total. The Balaban J connectivity index is 1.58. The number of aromatic amines is 1. The van der Waals surface area contributed by atoms with Crippen molar-refractivity contribution in [2.24, 2.45) is 0 Å². The van der Waals surface area contributed by atoms with Crippen LogP contribution in [0.3, 0.4) is 0 Å². The lowest BCUT2D eigenvalue weighted by Gasteiger charge is -2.22. The second-order valence-electron chi connectivity index (χ2n) is 8.78. The van der Waals surface area contributed by atoms with Crippen LogP contribution in [0.25, 0.3) is 32.0 Å². The number of carbonyl (C=O) groups excluding carboxylic acids is 1. The second kappa shape index (κ2) is 8.68. The van der Waals surface area contributed by atoms with Gasteiger partial charge in [-0.15, -0.1) is 11.3 Å². The van der Waals surface area contributed by atoms with E-state index in [0.717, 1.165) is 63.7 Å². The molecule has 0 aliphatic carbocycles. The van der Waals surface area contributed by atoms with Gasteiger partial charge in [0.1, 0.15) is 16.4 Å². The zero-order valence-electron chi connectivity index (χ0n) is 19.4. The minimum absolute atomic E-state index is 0.0143. The Morgan fingerprint density at radius 3 is 2.94 bits per heavy atom. The summed E-state index contributed by atoms with van der Waals surface area (Å²) >= 11 is 1.52. The first-order valence-electron chi connectivity index (χ1n) is 11.3. The Hall–Kier alpha value is -3.10. The van der Waals surface area contributed by atoms with Crippen molar-refractivity contribution in [3.05, 3.63) is 53.5 Å². The molecule has 4 aromatic rings. The number of rotatable bonds is 5. The third kappa shape index (κ3) is 3.94. The van der Waals surface area contributed by atoms with Crippen molar-refractivity contribution < 1.29 is 4.79 Å². The van der Waals surface area contributed by atoms with Gasteiger partial charge >= 0.3 is 0 Å². The summed E-state index contributed by atoms with van der Waals surface area (Å²) < 4.78 is 0. The monoisotopic (exact) mass is 460 g/mol. The van der Waals surface area contributed by atoms with Crippen LogP contribution in [0.2, 0.25) is 0 Å². The summed E-state index contributed by atoms with van der Waals surface area (Å²) in [5.74, 6) is -0.0143. The van der Waals surface area contributed by atoms with Crippen LogP contribution in [-0.2, 0) is 0 Å². The van der Waals surface area contributed by atoms with E-state index in [1.165, 1.54) is 16.9 Å². The van der Waals surface area contributed by atoms with E-state index in [2.05, 4.69) is 60.0 Å². The Labute approximate surface area is 197 Å². The quantitative estimate of drug-likeness (QED) is 0.473. The fourth-order valence-corrected chi connectivity index (χ4v) is 5.65. The number of benzene rings is 1. The third-order valence-corrected chi connectivity index (χ3v) is 7.66. The lowest BCUT2D eigenvalue weighted by molar-refractivity contribution is 0.0777. The fraction of sp³-hybridized carbons (Fsp3) is 0.360. The van der Waals surface area contributed by atoms with Gasteiger partial charge in [0.25, 0.3) is 5.91 Å². The van der Waals surface area contributed by atoms with Gasteiger partial charge < -0.3 is 9.80 Å². The SMILES string of the molecule is CCN(C)C1CCN(C(=O)c2nc(-c3[nH]nc4c(C)cc(C)cc34)sc2-c2cccnc2)C1. The molecule has 0 bridgehead atoms. The predicted molar refractivity (Wildman–Crippen MR) is 133 cm³/mol. The van der Waals surface area contributed by atoms with Crippen molar-refractivity contribution >= 4 is 28.1 Å². The minimum atomic E-state index is -0.0143. The molecule has 0 radical (unpaired) electrons. The first-order valence-corrected chi connectivity index (χ1v) is 12.1. The molecule has 1 aromatic carbocycles. The van der Waals surface area contributed by atoms with Gasteiger partial charge in [0, 0.05) is 42.5 Å². The number of hydrogen-bond donors (Lipinski definition) is 1. The van der Waals surface area contributed by atoms with E-state index in [-0.39, 0.29) is 5.91 Å². The topological polar surface area (TPSA) is 78.0 Å². The van der Waals surface area contributed by atoms with Crippen LogP contribution in [0.4, 0.5) is 0 Å². The van der Waals surface area contributed by atoms with Crippen molar-refractivity contribution in [1.82, 2.24) is 30.0 Å². The van der Waals surface area contributed by atoms with Crippen LogP contribution in [-0.4, -0.2) is 68.6 Å². The fourth-order valence-electron chi connectivity index (χ4n) is 4.59. The smallest absolute Gasteiger partial charge is 0.274 e. The highest BCUT2D eigenvalue weighted by molar-refractivity contribution is 7.18. The van der Waals surface area contributed by atoms with E-state index in [0.29, 0.717) is 11.7 Å². The number of amides is 1. The summed E-state index contributed by atoms with van der Waals surface area (Å²) in [7, 11) is 2.12. The zero-order valence-corrected chi connectivity index (χ0v) is 20.2. The molecule has 3 aromatic heterocycles. The van der Waals surface area contributed by atoms with E-state index >= 15 is 0 Å². The summed E-state index contributed by atoms with van der Waals surface area (Å²) in [6, 6.07) is 8.52. The lowest BCUT2D eigenvalue weighted by atomic mass is 10.1. The standard InChI is InChI=1S/C25H28N6OS/c1-5-30(4)18-8-10-31(14-18)25(32)22-23(17-7-6-9-26-13-17)33-24(27-22)21-19-12-15(2)11-16(3)20(19)28-29-21/h6-7,9,11-13,18H,5,8,10,14H2,1-4H3,(H,28,29). The van der Waals surface area contributed by atoms with Crippen molar-refractivity contribution in [3.8, 4) is 21.1 Å². The van der Waals surface area contributed by atoms with Crippen LogP contribution in [0, 0.1) is 13.8 Å². The van der Waals surface area contributed by atoms with Crippen LogP contribution in [0.15, 0.2) is 36.7 Å². The van der Waals surface area contributed by atoms with Gasteiger partial charge in [-0.3, -0.25) is 14.9 Å². The number of likely N-dealkylation sites (N-methyl/N-ethyl adjacent to an activating group) is 1. The number of aryl methyl sites for hydroxylation is 2. The average Bonchev–Trinajstić information content (AvgIpc) is 3.56. The number of nitrogens with one attached hydrogen (secondary N) is 1. The molecule has 1 saturated heterocycles. The normalized spacial score (nSPS) is 16.3. The highest BCUT2D eigenvalue weighted by Gasteiger charge is 2.32. The van der Waals surface area contributed by atoms with E-state index in [1.54, 1.807) is 12.4 Å². The maximum absolute atomic E-state index is 13.7. The van der Waals surface area contributed by atoms with Crippen LogP contribution >= 0.6 is 11.3 Å². The number of aromatic nitrogens is 4. The summed E-state index contributed by atoms with van der Waals surface area (Å²) in [6.45, 7) is 8.75. The molecule has 1 fully saturated rings. The number of carbonyl (C=O) groups is 1. The predicted octanol–water partition coefficient (Wildman–Crippen LogP) is 4.53. The second-order valence-corrected chi connectivity index (χ2v) is 9.78. The van der Waals surface area contributed by atoms with Gasteiger partial charge in [0.2, 0.25) is 0 Å². The van der Waals surface area contributed by atoms with E-state index in [4.69, 9.17) is 4.98 Å². The number of fused-ring (bicyclic) bond motifs is 1. The summed E-state index contributed by atoms with van der Waals surface area (Å²) in [4.78, 5) is 27.9. The number of hydrogen-bond acceptors (Lipinski definition) is 6. The van der Waals surface area contributed by atoms with Crippen molar-refractivity contribution in [1.29, 1.82) is 0 Å². The first kappa shape index (κ1) is 21.7. The van der Waals surface area contributed by atoms with Gasteiger partial charge in [-0.2, -0.15) is 5.10 Å². The molecule has 8 heteroatoms. The largest absolute Gasteiger partial charge is 0.336 e. The molecule has 0 saturated carbocycles. The van der Waals surface area contributed by atoms with Crippen molar-refractivity contribution in [2.75, 3.05) is 26.7 Å². The van der Waals surface area contributed by atoms with Crippen molar-refractivity contribution in [3.63, 3.8) is 0 Å². The minimum Gasteiger partial charge on any atom is -0.336 e. The van der Waals surface area contributed by atoms with Gasteiger partial charge in [0.05, 0.1) is 10.4 Å². The summed E-state index contributed by atoms with van der Waals surface area (Å²) in [5, 5.41) is 9.52. The average molecular weight is 461 g/mol. The molecule has 1 aliphatic heterocycles. The molecule has 1 N–H and O–H groups in total. The Kier molecular flexibility index (Phi) is 5.72. The molecule has 1 amide bonds. The Morgan fingerprint density at radius 2 is 2.18 bits per heavy atom. The number of pyridine rings is 1. The number of nitrogens with zero attached hydrogens (tertiary/aromatic N) is 5. The maximum Gasteiger partial charge on any atom is 0.274 e. The molecular weight excluding hydrogens is 432 g/mol. The van der Waals surface area contributed by atoms with Crippen LogP contribution < -0.4 is 0 Å². The highest BCUT2D eigenvalue weighted by Crippen LogP contribution is 2.38. The number of H-pyrrole nitrogens is 1. The van der Waals surface area contributed by atoms with Gasteiger partial charge in [-0.1, -0.05) is 24.6 Å². The lowest BCUT2D eigenvalue weighted by Crippen LogP contribution is -2.36. The Morgan fingerprint density at radius 1 is 1.33 bits per heavy atom. The first-order chi connectivity index (χ1) is 16.0. The molecule has 4 heterocycles. The van der Waals surface area contributed by atoms with E-state index in [1.807, 2.05) is 17.0 Å². The molecule has 1 aliphatic rings. The summed E-state index contributed by atoms with van der Waals surface area (Å²) in [6.07, 6.45) is 4.52. The number of likely N-dealkylation sites (tertiary alicyclic amines) is 1. The number of thiazole rings is 1. The molecule has 1 atom stereocenters. The molecule has 5 rings (SSSR count). The summed E-state index contributed by atoms with van der Waals surface area (Å²) in [5.41, 5.74) is 5.49. The molecular formula is C25H28N6OS. The highest BCUT2D eigenvalue weighted by atomic mass is 32.1. The Bertz CT molecular complexity index is 1310. The van der Waals surface area contributed by atoms with E-state index < -0.39 is 0 Å². The van der Waals surface area contributed by atoms with Crippen molar-refractivity contribution in [2.45, 2.75) is 33.2 Å². The molecule has 33 heavy (non-hydrogen) atoms. The molecule has 1 unspecified atom stereocenters. The molecule has 170 valence electrons. The van der Waals surface area contributed by atoms with Gasteiger partial charge in [0.15, 0.2) is 0 Å². The van der Waals surface area contributed by atoms with Gasteiger partial charge in [-0.05, 0) is 51.6 Å². The van der Waals surface area contributed by atoms with Crippen LogP contribution in [0.5, 0.6) is 0 Å². The molecule has 0 spiro atoms. The van der Waals surface area contributed by atoms with E-state index in [9.17, 15) is 4.79 Å². The maximum atomic E-state index is 13.7. The third-order valence-electron chi connectivity index (χ3n) is 6.53. The zero-order chi connectivity index (χ0) is 23.1.